The van der Waals surface area contributed by atoms with Gasteiger partial charge in [0.2, 0.25) is 0 Å². The van der Waals surface area contributed by atoms with Crippen molar-refractivity contribution in [2.45, 2.75) is 6.04 Å². The summed E-state index contributed by atoms with van der Waals surface area (Å²) in [6.45, 7) is 0.0147. The van der Waals surface area contributed by atoms with Gasteiger partial charge in [0.25, 0.3) is 0 Å². The number of hydrogen-bond acceptors (Lipinski definition) is 5. The Kier molecular flexibility index (Phi) is 4.87. The largest absolute Gasteiger partial charge is 0.466 e. The van der Waals surface area contributed by atoms with Gasteiger partial charge in [0.15, 0.2) is 0 Å². The number of carbonyl (C=O) groups excluding carboxylic acids is 2. The Morgan fingerprint density at radius 1 is 1.38 bits per heavy atom. The molecule has 1 unspecified atom stereocenters. The van der Waals surface area contributed by atoms with E-state index in [0.29, 0.717) is 11.3 Å². The molecule has 2 rings (SSSR count). The van der Waals surface area contributed by atoms with Gasteiger partial charge in [-0.1, -0.05) is 30.3 Å². The van der Waals surface area contributed by atoms with E-state index in [0.717, 1.165) is 5.56 Å². The van der Waals surface area contributed by atoms with Crippen LogP contribution in [-0.2, 0) is 13.7 Å². The first-order valence-corrected chi connectivity index (χ1v) is 6.63. The number of rotatable bonds is 4. The monoisotopic (exact) mass is 308 g/mol. The lowest BCUT2D eigenvalue weighted by molar-refractivity contribution is -0.136. The van der Waals surface area contributed by atoms with Gasteiger partial charge in [-0.25, -0.2) is 9.59 Å². The fourth-order valence-corrected chi connectivity index (χ4v) is 2.36. The van der Waals surface area contributed by atoms with Gasteiger partial charge < -0.3 is 14.2 Å². The average molecular weight is 308 g/mol. The Labute approximate surface area is 128 Å². The lowest BCUT2D eigenvalue weighted by atomic mass is 9.95. The third-order valence-electron chi connectivity index (χ3n) is 3.32. The quantitative estimate of drug-likeness (QED) is 0.504. The van der Waals surface area contributed by atoms with E-state index in [1.54, 1.807) is 7.05 Å². The Bertz CT molecular complexity index is 574. The van der Waals surface area contributed by atoms with E-state index in [1.165, 1.54) is 12.0 Å². The molecule has 0 aromatic heterocycles. The number of thiol groups is 1. The molecule has 1 aliphatic rings. The zero-order valence-corrected chi connectivity index (χ0v) is 12.6. The molecule has 7 heteroatoms. The lowest BCUT2D eigenvalue weighted by Gasteiger charge is -2.34. The molecular weight excluding hydrogens is 292 g/mol. The minimum Gasteiger partial charge on any atom is -0.466 e. The Balaban J connectivity index is 2.56. The number of nitrogens with zero attached hydrogens (tertiary/aromatic N) is 1. The minimum absolute atomic E-state index is 0.0147. The highest BCUT2D eigenvalue weighted by molar-refractivity contribution is 7.75. The van der Waals surface area contributed by atoms with Crippen LogP contribution in [0.1, 0.15) is 11.6 Å². The molecule has 1 aromatic rings. The molecule has 0 spiro atoms. The van der Waals surface area contributed by atoms with Crippen molar-refractivity contribution in [3.05, 3.63) is 47.2 Å². The van der Waals surface area contributed by atoms with Crippen molar-refractivity contribution in [1.29, 1.82) is 0 Å². The molecule has 0 fully saturated rings. The third-order valence-corrected chi connectivity index (χ3v) is 3.45. The minimum atomic E-state index is -0.583. The number of esters is 1. The van der Waals surface area contributed by atoms with Crippen LogP contribution in [0, 0.1) is 0 Å². The van der Waals surface area contributed by atoms with E-state index in [4.69, 9.17) is 8.92 Å². The number of likely N-dealkylation sites (N-methyl/N-ethyl adjacent to an activating group) is 1. The molecular formula is C14H16N2O4S. The second kappa shape index (κ2) is 6.64. The second-order valence-corrected chi connectivity index (χ2v) is 4.74. The summed E-state index contributed by atoms with van der Waals surface area (Å²) in [5.41, 5.74) is 1.55. The molecule has 0 saturated heterocycles. The van der Waals surface area contributed by atoms with Gasteiger partial charge in [-0.2, -0.15) is 0 Å². The first-order chi connectivity index (χ1) is 10.1. The van der Waals surface area contributed by atoms with Crippen molar-refractivity contribution in [3.8, 4) is 0 Å². The van der Waals surface area contributed by atoms with Crippen molar-refractivity contribution >= 4 is 24.9 Å². The van der Waals surface area contributed by atoms with Crippen molar-refractivity contribution in [2.75, 3.05) is 20.8 Å². The van der Waals surface area contributed by atoms with Crippen LogP contribution in [0.25, 0.3) is 0 Å². The van der Waals surface area contributed by atoms with Crippen LogP contribution in [0.5, 0.6) is 0 Å². The molecule has 0 radical (unpaired) electrons. The predicted octanol–water partition coefficient (Wildman–Crippen LogP) is 1.67. The van der Waals surface area contributed by atoms with Crippen LogP contribution in [0.3, 0.4) is 0 Å². The highest BCUT2D eigenvalue weighted by Crippen LogP contribution is 2.30. The van der Waals surface area contributed by atoms with Gasteiger partial charge in [-0.3, -0.25) is 4.90 Å². The first-order valence-electron chi connectivity index (χ1n) is 6.27. The predicted molar refractivity (Wildman–Crippen MR) is 79.5 cm³/mol. The first kappa shape index (κ1) is 15.4. The number of methoxy groups -OCH3 is 1. The Morgan fingerprint density at radius 2 is 2.05 bits per heavy atom. The summed E-state index contributed by atoms with van der Waals surface area (Å²) in [7, 11) is 2.86. The van der Waals surface area contributed by atoms with E-state index in [2.05, 4.69) is 18.2 Å². The van der Waals surface area contributed by atoms with E-state index >= 15 is 0 Å². The molecule has 1 atom stereocenters. The summed E-state index contributed by atoms with van der Waals surface area (Å²) in [4.78, 5) is 25.5. The zero-order valence-electron chi connectivity index (χ0n) is 11.7. The van der Waals surface area contributed by atoms with Gasteiger partial charge in [0.1, 0.15) is 6.61 Å². The standard InChI is InChI=1S/C14H16N2O4S/c1-16-10(8-20-21)11(13(17)19-2)12(15-14(16)18)9-6-4-3-5-7-9/h3-7,12,21H,8H2,1-2H3,(H,15,18). The summed E-state index contributed by atoms with van der Waals surface area (Å²) in [6, 6.07) is 8.29. The highest BCUT2D eigenvalue weighted by Gasteiger charge is 2.36. The topological polar surface area (TPSA) is 67.9 Å². The number of hydrogen-bond donors (Lipinski definition) is 2. The molecule has 0 aliphatic carbocycles. The smallest absolute Gasteiger partial charge is 0.338 e. The van der Waals surface area contributed by atoms with Crippen LogP contribution in [-0.4, -0.2) is 37.7 Å². The van der Waals surface area contributed by atoms with Gasteiger partial charge in [0, 0.05) is 7.05 Å². The highest BCUT2D eigenvalue weighted by atomic mass is 32.1. The maximum Gasteiger partial charge on any atom is 0.338 e. The van der Waals surface area contributed by atoms with Crippen LogP contribution < -0.4 is 5.32 Å². The molecule has 6 nitrogen and oxygen atoms in total. The molecule has 1 aliphatic heterocycles. The molecule has 1 N–H and O–H groups in total. The summed E-state index contributed by atoms with van der Waals surface area (Å²) in [6.07, 6.45) is 0. The molecule has 21 heavy (non-hydrogen) atoms. The van der Waals surface area contributed by atoms with Gasteiger partial charge in [0.05, 0.1) is 24.4 Å². The number of ether oxygens (including phenoxy) is 1. The number of benzene rings is 1. The van der Waals surface area contributed by atoms with Crippen molar-refractivity contribution in [2.24, 2.45) is 0 Å². The molecule has 0 saturated carbocycles. The Morgan fingerprint density at radius 3 is 2.62 bits per heavy atom. The number of carbonyl (C=O) groups is 2. The maximum atomic E-state index is 12.1. The van der Waals surface area contributed by atoms with E-state index in [9.17, 15) is 9.59 Å². The number of nitrogens with one attached hydrogen (secondary N) is 1. The van der Waals surface area contributed by atoms with Crippen LogP contribution in [0.2, 0.25) is 0 Å². The molecule has 0 bridgehead atoms. The van der Waals surface area contributed by atoms with Crippen molar-refractivity contribution < 1.29 is 18.5 Å². The summed E-state index contributed by atoms with van der Waals surface area (Å²) in [5, 5.41) is 2.78. The third kappa shape index (κ3) is 3.03. The van der Waals surface area contributed by atoms with Crippen LogP contribution in [0.15, 0.2) is 41.6 Å². The van der Waals surface area contributed by atoms with E-state index in [-0.39, 0.29) is 12.6 Å². The number of amides is 2. The summed E-state index contributed by atoms with van der Waals surface area (Å²) in [5.74, 6) is -0.518. The van der Waals surface area contributed by atoms with Gasteiger partial charge >= 0.3 is 12.0 Å². The molecule has 1 heterocycles. The van der Waals surface area contributed by atoms with Crippen molar-refractivity contribution in [3.63, 3.8) is 0 Å². The fourth-order valence-electron chi connectivity index (χ4n) is 2.24. The second-order valence-electron chi connectivity index (χ2n) is 4.48. The van der Waals surface area contributed by atoms with Crippen LogP contribution in [0.4, 0.5) is 4.79 Å². The molecule has 112 valence electrons. The maximum absolute atomic E-state index is 12.1. The van der Waals surface area contributed by atoms with E-state index in [1.807, 2.05) is 30.3 Å². The molecule has 2 amide bonds. The normalized spacial score (nSPS) is 18.5. The number of urea groups is 1. The van der Waals surface area contributed by atoms with Gasteiger partial charge in [-0.05, 0) is 18.5 Å². The zero-order chi connectivity index (χ0) is 15.4. The Hall–Kier alpha value is -1.99. The van der Waals surface area contributed by atoms with Gasteiger partial charge in [-0.15, -0.1) is 0 Å². The average Bonchev–Trinajstić information content (AvgIpc) is 2.52. The summed E-state index contributed by atoms with van der Waals surface area (Å²) < 4.78 is 9.66. The van der Waals surface area contributed by atoms with E-state index < -0.39 is 12.0 Å². The van der Waals surface area contributed by atoms with Crippen LogP contribution >= 0.6 is 12.9 Å². The SMILES string of the molecule is COC(=O)C1=C(COS)N(C)C(=O)NC1c1ccccc1. The summed E-state index contributed by atoms with van der Waals surface area (Å²) >= 11 is 3.71. The van der Waals surface area contributed by atoms with Crippen molar-refractivity contribution in [1.82, 2.24) is 10.2 Å². The molecule has 1 aromatic carbocycles. The fraction of sp³-hybridized carbons (Fsp3) is 0.286. The lowest BCUT2D eigenvalue weighted by Crippen LogP contribution is -2.47.